The van der Waals surface area contributed by atoms with Crippen LogP contribution in [0.3, 0.4) is 0 Å². The molecule has 2 aromatic carbocycles. The summed E-state index contributed by atoms with van der Waals surface area (Å²) in [5.74, 6) is 0.297. The molecule has 100 valence electrons. The topological polar surface area (TPSA) is 76.2 Å². The van der Waals surface area contributed by atoms with Crippen LogP contribution in [0.1, 0.15) is 5.56 Å². The van der Waals surface area contributed by atoms with Crippen molar-refractivity contribution in [3.05, 3.63) is 57.1 Å². The maximum atomic E-state index is 11.1. The number of rotatable bonds is 3. The second-order valence-corrected chi connectivity index (χ2v) is 4.33. The molecule has 0 atom stereocenters. The van der Waals surface area contributed by atoms with Gasteiger partial charge in [-0.1, -0.05) is 29.8 Å². The normalized spacial score (nSPS) is 9.85. The van der Waals surface area contributed by atoms with Gasteiger partial charge < -0.3 is 4.74 Å². The van der Waals surface area contributed by atoms with Crippen molar-refractivity contribution in [1.82, 2.24) is 0 Å². The number of hydrogen-bond acceptors (Lipinski definition) is 4. The molecule has 2 rings (SSSR count). The molecule has 0 heterocycles. The summed E-state index contributed by atoms with van der Waals surface area (Å²) in [5.41, 5.74) is 0.586. The first-order chi connectivity index (χ1) is 9.58. The summed E-state index contributed by atoms with van der Waals surface area (Å²) in [6.07, 6.45) is 0. The van der Waals surface area contributed by atoms with Gasteiger partial charge in [-0.05, 0) is 12.1 Å². The monoisotopic (exact) mass is 288 g/mol. The average Bonchev–Trinajstić information content (AvgIpc) is 2.46. The summed E-state index contributed by atoms with van der Waals surface area (Å²) in [6, 6.07) is 11.5. The van der Waals surface area contributed by atoms with E-state index >= 15 is 0 Å². The van der Waals surface area contributed by atoms with Crippen molar-refractivity contribution in [3.63, 3.8) is 0 Å². The third-order valence-electron chi connectivity index (χ3n) is 2.80. The molecular weight excluding hydrogens is 280 g/mol. The Labute approximate surface area is 120 Å². The molecule has 0 spiro atoms. The summed E-state index contributed by atoms with van der Waals surface area (Å²) in [4.78, 5) is 10.5. The lowest BCUT2D eigenvalue weighted by Crippen LogP contribution is -1.97. The van der Waals surface area contributed by atoms with Crippen LogP contribution in [0.2, 0.25) is 5.02 Å². The van der Waals surface area contributed by atoms with Gasteiger partial charge >= 0.3 is 0 Å². The highest BCUT2D eigenvalue weighted by Gasteiger charge is 2.22. The van der Waals surface area contributed by atoms with Gasteiger partial charge in [0.1, 0.15) is 17.4 Å². The maximum Gasteiger partial charge on any atom is 0.291 e. The van der Waals surface area contributed by atoms with Crippen LogP contribution in [0.5, 0.6) is 5.75 Å². The van der Waals surface area contributed by atoms with Crippen LogP contribution in [0, 0.1) is 21.4 Å². The van der Waals surface area contributed by atoms with Crippen LogP contribution in [0.4, 0.5) is 5.69 Å². The van der Waals surface area contributed by atoms with Crippen molar-refractivity contribution >= 4 is 17.3 Å². The van der Waals surface area contributed by atoms with Gasteiger partial charge in [0.05, 0.1) is 18.1 Å². The van der Waals surface area contributed by atoms with Crippen molar-refractivity contribution in [2.75, 3.05) is 7.11 Å². The lowest BCUT2D eigenvalue weighted by atomic mass is 9.98. The number of halogens is 1. The molecule has 0 aliphatic carbocycles. The first-order valence-electron chi connectivity index (χ1n) is 5.60. The second-order valence-electron chi connectivity index (χ2n) is 3.92. The zero-order chi connectivity index (χ0) is 14.7. The molecule has 0 N–H and O–H groups in total. The standard InChI is InChI=1S/C14H9ClN2O3/c1-20-9-6-11(10-4-2-3-5-13(10)15)12(8-16)14(7-9)17(18)19/h2-7H,1H3. The van der Waals surface area contributed by atoms with Gasteiger partial charge in [-0.25, -0.2) is 0 Å². The Balaban J connectivity index is 2.82. The third kappa shape index (κ3) is 2.42. The molecule has 0 saturated carbocycles. The Morgan fingerprint density at radius 2 is 2.00 bits per heavy atom. The average molecular weight is 289 g/mol. The molecule has 0 fully saturated rings. The Hall–Kier alpha value is -2.58. The van der Waals surface area contributed by atoms with Gasteiger partial charge in [0.25, 0.3) is 5.69 Å². The van der Waals surface area contributed by atoms with E-state index in [0.717, 1.165) is 0 Å². The number of methoxy groups -OCH3 is 1. The fourth-order valence-electron chi connectivity index (χ4n) is 1.87. The summed E-state index contributed by atoms with van der Waals surface area (Å²) in [7, 11) is 1.40. The van der Waals surface area contributed by atoms with E-state index in [0.29, 0.717) is 21.9 Å². The van der Waals surface area contributed by atoms with E-state index < -0.39 is 4.92 Å². The third-order valence-corrected chi connectivity index (χ3v) is 3.13. The molecule has 0 aliphatic heterocycles. The lowest BCUT2D eigenvalue weighted by Gasteiger charge is -2.09. The molecule has 0 radical (unpaired) electrons. The number of nitro groups is 1. The predicted molar refractivity (Wildman–Crippen MR) is 74.8 cm³/mol. The number of nitrogens with zero attached hydrogens (tertiary/aromatic N) is 2. The van der Waals surface area contributed by atoms with Crippen LogP contribution in [-0.4, -0.2) is 12.0 Å². The summed E-state index contributed by atoms with van der Waals surface area (Å²) < 4.78 is 5.05. The number of hydrogen-bond donors (Lipinski definition) is 0. The molecule has 0 saturated heterocycles. The number of nitriles is 1. The minimum atomic E-state index is -0.610. The highest BCUT2D eigenvalue weighted by Crippen LogP contribution is 2.37. The fraction of sp³-hybridized carbons (Fsp3) is 0.0714. The SMILES string of the molecule is COc1cc(-c2ccccc2Cl)c(C#N)c([N+](=O)[O-])c1. The number of nitro benzene ring substituents is 1. The maximum absolute atomic E-state index is 11.1. The Bertz CT molecular complexity index is 723. The van der Waals surface area contributed by atoms with E-state index in [2.05, 4.69) is 0 Å². The minimum absolute atomic E-state index is 0.0381. The molecule has 2 aromatic rings. The highest BCUT2D eigenvalue weighted by atomic mass is 35.5. The number of ether oxygens (including phenoxy) is 1. The predicted octanol–water partition coefficient (Wildman–Crippen LogP) is 3.80. The first kappa shape index (κ1) is 13.8. The lowest BCUT2D eigenvalue weighted by molar-refractivity contribution is -0.385. The van der Waals surface area contributed by atoms with Gasteiger partial charge in [0.15, 0.2) is 0 Å². The largest absolute Gasteiger partial charge is 0.496 e. The van der Waals surface area contributed by atoms with Gasteiger partial charge in [0, 0.05) is 16.1 Å². The molecule has 0 unspecified atom stereocenters. The Morgan fingerprint density at radius 1 is 1.30 bits per heavy atom. The van der Waals surface area contributed by atoms with E-state index in [1.807, 2.05) is 6.07 Å². The summed E-state index contributed by atoms with van der Waals surface area (Å²) in [6.45, 7) is 0. The van der Waals surface area contributed by atoms with E-state index in [1.165, 1.54) is 13.2 Å². The quantitative estimate of drug-likeness (QED) is 0.636. The van der Waals surface area contributed by atoms with E-state index in [1.54, 1.807) is 30.3 Å². The van der Waals surface area contributed by atoms with E-state index in [-0.39, 0.29) is 11.3 Å². The molecule has 0 aromatic heterocycles. The van der Waals surface area contributed by atoms with Gasteiger partial charge in [0.2, 0.25) is 0 Å². The van der Waals surface area contributed by atoms with Crippen LogP contribution in [0.25, 0.3) is 11.1 Å². The first-order valence-corrected chi connectivity index (χ1v) is 5.97. The Kier molecular flexibility index (Phi) is 3.87. The highest BCUT2D eigenvalue weighted by molar-refractivity contribution is 6.33. The van der Waals surface area contributed by atoms with Gasteiger partial charge in [-0.2, -0.15) is 5.26 Å². The van der Waals surface area contributed by atoms with Crippen molar-refractivity contribution in [1.29, 1.82) is 5.26 Å². The van der Waals surface area contributed by atoms with Crippen LogP contribution >= 0.6 is 11.6 Å². The van der Waals surface area contributed by atoms with Crippen LogP contribution in [-0.2, 0) is 0 Å². The molecule has 6 heteroatoms. The molecule has 0 amide bonds. The van der Waals surface area contributed by atoms with Crippen LogP contribution < -0.4 is 4.74 Å². The van der Waals surface area contributed by atoms with Crippen molar-refractivity contribution in [2.45, 2.75) is 0 Å². The van der Waals surface area contributed by atoms with Crippen LogP contribution in [0.15, 0.2) is 36.4 Å². The summed E-state index contributed by atoms with van der Waals surface area (Å²) >= 11 is 6.10. The smallest absolute Gasteiger partial charge is 0.291 e. The van der Waals surface area contributed by atoms with E-state index in [9.17, 15) is 15.4 Å². The second kappa shape index (κ2) is 5.59. The zero-order valence-corrected chi connectivity index (χ0v) is 11.2. The van der Waals surface area contributed by atoms with E-state index in [4.69, 9.17) is 16.3 Å². The Morgan fingerprint density at radius 3 is 2.55 bits per heavy atom. The van der Waals surface area contributed by atoms with Crippen molar-refractivity contribution in [3.8, 4) is 22.9 Å². The zero-order valence-electron chi connectivity index (χ0n) is 10.5. The molecule has 20 heavy (non-hydrogen) atoms. The molecular formula is C14H9ClN2O3. The van der Waals surface area contributed by atoms with Gasteiger partial charge in [-0.15, -0.1) is 0 Å². The minimum Gasteiger partial charge on any atom is -0.496 e. The summed E-state index contributed by atoms with van der Waals surface area (Å²) in [5, 5.41) is 20.7. The fourth-order valence-corrected chi connectivity index (χ4v) is 2.11. The number of benzene rings is 2. The molecule has 0 bridgehead atoms. The van der Waals surface area contributed by atoms with Crippen molar-refractivity contribution in [2.24, 2.45) is 0 Å². The molecule has 5 nitrogen and oxygen atoms in total. The molecule has 0 aliphatic rings. The van der Waals surface area contributed by atoms with Gasteiger partial charge in [-0.3, -0.25) is 10.1 Å². The van der Waals surface area contributed by atoms with Crippen molar-refractivity contribution < 1.29 is 9.66 Å².